The van der Waals surface area contributed by atoms with E-state index >= 15 is 0 Å². The summed E-state index contributed by atoms with van der Waals surface area (Å²) in [5, 5.41) is 39.1. The lowest BCUT2D eigenvalue weighted by molar-refractivity contribution is 0.463. The molecule has 4 heteroatoms. The molecule has 0 saturated carbocycles. The third kappa shape index (κ3) is 5.43. The Morgan fingerprint density at radius 1 is 0.457 bits per heavy atom. The second-order valence-corrected chi connectivity index (χ2v) is 9.11. The van der Waals surface area contributed by atoms with Crippen molar-refractivity contribution >= 4 is 0 Å². The van der Waals surface area contributed by atoms with Crippen LogP contribution < -0.4 is 0 Å². The van der Waals surface area contributed by atoms with Crippen molar-refractivity contribution in [1.82, 2.24) is 0 Å². The summed E-state index contributed by atoms with van der Waals surface area (Å²) < 4.78 is 0. The van der Waals surface area contributed by atoms with E-state index in [0.717, 1.165) is 44.5 Å². The molecular weight excluding hydrogens is 436 g/mol. The Morgan fingerprint density at radius 2 is 0.800 bits per heavy atom. The van der Waals surface area contributed by atoms with Gasteiger partial charge in [0.25, 0.3) is 0 Å². The SMILES string of the molecule is Cc1cc(O)c(C)c(C)c1-c1c(C)cc(O)c(C)c1C.Oc1ccccc1Cc1ccccc1O. The molecular formula is C31H34O4. The van der Waals surface area contributed by atoms with Gasteiger partial charge in [0.2, 0.25) is 0 Å². The zero-order valence-corrected chi connectivity index (χ0v) is 21.3. The van der Waals surface area contributed by atoms with Gasteiger partial charge >= 0.3 is 0 Å². The predicted molar refractivity (Wildman–Crippen MR) is 143 cm³/mol. The van der Waals surface area contributed by atoms with E-state index in [1.54, 1.807) is 24.3 Å². The van der Waals surface area contributed by atoms with Gasteiger partial charge in [-0.1, -0.05) is 36.4 Å². The molecule has 0 aliphatic carbocycles. The van der Waals surface area contributed by atoms with Crippen LogP contribution in [0.1, 0.15) is 44.5 Å². The molecule has 0 aromatic heterocycles. The Kier molecular flexibility index (Phi) is 7.75. The van der Waals surface area contributed by atoms with Crippen molar-refractivity contribution in [2.45, 2.75) is 48.0 Å². The molecule has 0 heterocycles. The Bertz CT molecular complexity index is 1260. The summed E-state index contributed by atoms with van der Waals surface area (Å²) in [6, 6.07) is 17.9. The lowest BCUT2D eigenvalue weighted by Crippen LogP contribution is -1.98. The van der Waals surface area contributed by atoms with Crippen molar-refractivity contribution in [3.05, 3.63) is 105 Å². The second-order valence-electron chi connectivity index (χ2n) is 9.11. The van der Waals surface area contributed by atoms with Crippen LogP contribution in [0.25, 0.3) is 11.1 Å². The Morgan fingerprint density at radius 3 is 1.14 bits per heavy atom. The third-order valence-electron chi connectivity index (χ3n) is 6.75. The molecule has 4 aromatic rings. The van der Waals surface area contributed by atoms with Gasteiger partial charge in [-0.25, -0.2) is 0 Å². The Labute approximate surface area is 207 Å². The molecule has 4 rings (SSSR count). The third-order valence-corrected chi connectivity index (χ3v) is 6.75. The van der Waals surface area contributed by atoms with Crippen molar-refractivity contribution in [2.75, 3.05) is 0 Å². The topological polar surface area (TPSA) is 80.9 Å². The van der Waals surface area contributed by atoms with Gasteiger partial charge in [0.05, 0.1) is 0 Å². The van der Waals surface area contributed by atoms with Gasteiger partial charge in [-0.05, 0) is 121 Å². The molecule has 0 aliphatic rings. The van der Waals surface area contributed by atoms with Gasteiger partial charge < -0.3 is 20.4 Å². The van der Waals surface area contributed by atoms with E-state index in [-0.39, 0.29) is 11.5 Å². The molecule has 0 fully saturated rings. The van der Waals surface area contributed by atoms with Gasteiger partial charge in [-0.3, -0.25) is 0 Å². The van der Waals surface area contributed by atoms with Crippen LogP contribution in [-0.4, -0.2) is 20.4 Å². The van der Waals surface area contributed by atoms with Gasteiger partial charge in [0.1, 0.15) is 23.0 Å². The molecule has 4 N–H and O–H groups in total. The molecule has 0 unspecified atom stereocenters. The maximum atomic E-state index is 9.95. The zero-order chi connectivity index (χ0) is 25.9. The van der Waals surface area contributed by atoms with Crippen molar-refractivity contribution in [3.8, 4) is 34.1 Å². The molecule has 4 aromatic carbocycles. The summed E-state index contributed by atoms with van der Waals surface area (Å²) in [5.41, 5.74) is 10.1. The summed E-state index contributed by atoms with van der Waals surface area (Å²) in [5.74, 6) is 1.21. The summed E-state index contributed by atoms with van der Waals surface area (Å²) in [6.45, 7) is 12.0. The van der Waals surface area contributed by atoms with E-state index in [1.165, 1.54) is 11.1 Å². The van der Waals surface area contributed by atoms with Crippen molar-refractivity contribution in [3.63, 3.8) is 0 Å². The smallest absolute Gasteiger partial charge is 0.119 e. The standard InChI is InChI=1S/C18H22O2.C13H12O2/c1-9-7-15(19)11(3)13(5)17(9)18-10(2)8-16(20)12(4)14(18)6;14-12-7-3-1-5-10(12)9-11-6-2-4-8-13(11)15/h7-8,19-20H,1-6H3;1-8,14-15H,9H2. The summed E-state index contributed by atoms with van der Waals surface area (Å²) in [4.78, 5) is 0. The summed E-state index contributed by atoms with van der Waals surface area (Å²) >= 11 is 0. The van der Waals surface area contributed by atoms with Crippen LogP contribution in [0.4, 0.5) is 0 Å². The fourth-order valence-electron chi connectivity index (χ4n) is 4.42. The highest BCUT2D eigenvalue weighted by Gasteiger charge is 2.17. The minimum atomic E-state index is 0.265. The van der Waals surface area contributed by atoms with E-state index in [1.807, 2.05) is 77.9 Å². The highest BCUT2D eigenvalue weighted by Crippen LogP contribution is 2.40. The molecule has 0 spiro atoms. The first-order chi connectivity index (χ1) is 16.5. The van der Waals surface area contributed by atoms with Crippen molar-refractivity contribution in [2.24, 2.45) is 0 Å². The minimum absolute atomic E-state index is 0.265. The van der Waals surface area contributed by atoms with Crippen molar-refractivity contribution < 1.29 is 20.4 Å². The molecule has 0 radical (unpaired) electrons. The Hall–Kier alpha value is -3.92. The van der Waals surface area contributed by atoms with E-state index < -0.39 is 0 Å². The van der Waals surface area contributed by atoms with E-state index in [0.29, 0.717) is 17.9 Å². The van der Waals surface area contributed by atoms with Crippen molar-refractivity contribution in [1.29, 1.82) is 0 Å². The number of phenols is 4. The van der Waals surface area contributed by atoms with Gasteiger partial charge in [-0.15, -0.1) is 0 Å². The van der Waals surface area contributed by atoms with E-state index in [9.17, 15) is 20.4 Å². The van der Waals surface area contributed by atoms with Gasteiger partial charge in [0.15, 0.2) is 0 Å². The quantitative estimate of drug-likeness (QED) is 0.253. The summed E-state index contributed by atoms with van der Waals surface area (Å²) in [7, 11) is 0. The van der Waals surface area contributed by atoms with Crippen LogP contribution in [-0.2, 0) is 6.42 Å². The molecule has 35 heavy (non-hydrogen) atoms. The Balaban J connectivity index is 0.000000203. The molecule has 4 nitrogen and oxygen atoms in total. The van der Waals surface area contributed by atoms with Crippen LogP contribution in [0.15, 0.2) is 60.7 Å². The van der Waals surface area contributed by atoms with Crippen LogP contribution in [0.3, 0.4) is 0 Å². The first-order valence-corrected chi connectivity index (χ1v) is 11.7. The average molecular weight is 471 g/mol. The molecule has 182 valence electrons. The molecule has 0 saturated heterocycles. The van der Waals surface area contributed by atoms with E-state index in [2.05, 4.69) is 0 Å². The average Bonchev–Trinajstić information content (AvgIpc) is 2.81. The molecule has 0 aliphatic heterocycles. The number of aromatic hydroxyl groups is 4. The first-order valence-electron chi connectivity index (χ1n) is 11.7. The summed E-state index contributed by atoms with van der Waals surface area (Å²) in [6.07, 6.45) is 0.541. The highest BCUT2D eigenvalue weighted by molar-refractivity contribution is 5.80. The number of hydrogen-bond donors (Lipinski definition) is 4. The maximum Gasteiger partial charge on any atom is 0.119 e. The molecule has 0 bridgehead atoms. The fourth-order valence-corrected chi connectivity index (χ4v) is 4.42. The van der Waals surface area contributed by atoms with Crippen LogP contribution in [0.2, 0.25) is 0 Å². The van der Waals surface area contributed by atoms with E-state index in [4.69, 9.17) is 0 Å². The lowest BCUT2D eigenvalue weighted by atomic mass is 9.85. The number of hydrogen-bond acceptors (Lipinski definition) is 4. The zero-order valence-electron chi connectivity index (χ0n) is 21.3. The van der Waals surface area contributed by atoms with Crippen LogP contribution in [0.5, 0.6) is 23.0 Å². The number of phenolic OH excluding ortho intramolecular Hbond substituents is 4. The predicted octanol–water partition coefficient (Wildman–Crippen LogP) is 7.30. The number of para-hydroxylation sites is 2. The normalized spacial score (nSPS) is 10.6. The van der Waals surface area contributed by atoms with Crippen LogP contribution >= 0.6 is 0 Å². The van der Waals surface area contributed by atoms with Crippen LogP contribution in [0, 0.1) is 41.5 Å². The fraction of sp³-hybridized carbons (Fsp3) is 0.226. The first kappa shape index (κ1) is 25.7. The minimum Gasteiger partial charge on any atom is -0.508 e. The maximum absolute atomic E-state index is 9.95. The second kappa shape index (κ2) is 10.6. The highest BCUT2D eigenvalue weighted by atomic mass is 16.3. The largest absolute Gasteiger partial charge is 0.508 e. The lowest BCUT2D eigenvalue weighted by Gasteiger charge is -2.20. The number of aryl methyl sites for hydroxylation is 2. The van der Waals surface area contributed by atoms with Gasteiger partial charge in [-0.2, -0.15) is 0 Å². The monoisotopic (exact) mass is 470 g/mol. The number of rotatable bonds is 3. The number of benzene rings is 4. The van der Waals surface area contributed by atoms with Gasteiger partial charge in [0, 0.05) is 6.42 Å². The molecule has 0 atom stereocenters. The molecule has 0 amide bonds.